The Labute approximate surface area is 391 Å². The number of fused-ring (bicyclic) bond motifs is 1. The van der Waals surface area contributed by atoms with E-state index in [1.54, 1.807) is 42.9 Å². The zero-order valence-electron chi connectivity index (χ0n) is 37.9. The van der Waals surface area contributed by atoms with Crippen molar-refractivity contribution in [3.63, 3.8) is 0 Å². The SMILES string of the molecule is CCN(C)SNc1ccc(F)c(Oc2ccc(N=CNC=O)c(C)c2)c1C#N.Cn1nc(N2CCC(=O)NC2=O)c2cc(F)c(N3CCC(O)(CC(=O)N4CCC5(CCCO5)CC4)CC3)cc21. The molecule has 18 nitrogen and oxygen atoms in total. The number of halogens is 2. The molecule has 8 rings (SSSR count). The number of nitrogens with one attached hydrogen (secondary N) is 3. The largest absolute Gasteiger partial charge is 0.453 e. The van der Waals surface area contributed by atoms with Gasteiger partial charge in [0.1, 0.15) is 23.2 Å². The van der Waals surface area contributed by atoms with E-state index in [1.807, 2.05) is 34.1 Å². The molecule has 0 radical (unpaired) electrons. The number of carbonyl (C=O) groups excluding carboxylic acids is 4. The van der Waals surface area contributed by atoms with Crippen LogP contribution in [0.4, 0.5) is 36.5 Å². The van der Waals surface area contributed by atoms with Crippen LogP contribution in [-0.4, -0.2) is 119 Å². The summed E-state index contributed by atoms with van der Waals surface area (Å²) < 4.78 is 48.0. The van der Waals surface area contributed by atoms with Crippen LogP contribution in [0.5, 0.6) is 11.5 Å². The lowest BCUT2D eigenvalue weighted by atomic mass is 9.85. The first-order valence-electron chi connectivity index (χ1n) is 22.2. The van der Waals surface area contributed by atoms with Crippen molar-refractivity contribution in [2.24, 2.45) is 12.0 Å². The molecule has 5 amide bonds. The van der Waals surface area contributed by atoms with Crippen molar-refractivity contribution < 1.29 is 42.5 Å². The molecule has 0 bridgehead atoms. The van der Waals surface area contributed by atoms with E-state index < -0.39 is 23.3 Å². The molecule has 0 saturated carbocycles. The Morgan fingerprint density at radius 2 is 1.85 bits per heavy atom. The standard InChI is InChI=1S/C27H35FN6O5.C19H20FN5O2S/c1-31-20-16-21(19(28)15-18(20)24(30-31)34-9-3-22(35)29-25(34)37)32-10-5-26(38,6-11-32)17-23(36)33-12-7-27(8-13-33)4-2-14-39-27;1-4-25(3)28-24-18-8-6-16(20)19(15(18)10-21)27-14-5-7-17(13(2)9-14)23-11-22-12-26/h15-16,38H,2-14,17H2,1H3,(H,29,35,37);5-9,11-12,24H,4H2,1-3H3,(H,22,23,26). The van der Waals surface area contributed by atoms with Gasteiger partial charge in [0.05, 0.1) is 46.5 Å². The lowest BCUT2D eigenvalue weighted by Gasteiger charge is -2.42. The number of nitrogens with zero attached hydrogens (tertiary/aromatic N) is 8. The number of aryl methyl sites for hydroxylation is 2. The van der Waals surface area contributed by atoms with Gasteiger partial charge in [-0.15, -0.1) is 0 Å². The first-order valence-corrected chi connectivity index (χ1v) is 23.0. The third kappa shape index (κ3) is 11.3. The molecule has 1 spiro atoms. The fourth-order valence-electron chi connectivity index (χ4n) is 8.64. The van der Waals surface area contributed by atoms with Crippen molar-refractivity contribution in [1.82, 2.24) is 29.6 Å². The molecule has 4 saturated heterocycles. The number of ether oxygens (including phenoxy) is 2. The van der Waals surface area contributed by atoms with Gasteiger partial charge in [0, 0.05) is 76.9 Å². The van der Waals surface area contributed by atoms with E-state index in [-0.39, 0.29) is 48.1 Å². The number of urea groups is 1. The second-order valence-corrected chi connectivity index (χ2v) is 18.1. The van der Waals surface area contributed by atoms with Crippen LogP contribution in [-0.2, 0) is 26.2 Å². The molecule has 0 atom stereocenters. The van der Waals surface area contributed by atoms with Crippen LogP contribution in [0.3, 0.4) is 0 Å². The van der Waals surface area contributed by atoms with Gasteiger partial charge in [-0.2, -0.15) is 10.4 Å². The monoisotopic (exact) mass is 943 g/mol. The summed E-state index contributed by atoms with van der Waals surface area (Å²) >= 11 is 1.30. The molecular weight excluding hydrogens is 889 g/mol. The van der Waals surface area contributed by atoms with Crippen LogP contribution >= 0.6 is 12.1 Å². The van der Waals surface area contributed by atoms with E-state index in [1.165, 1.54) is 41.6 Å². The van der Waals surface area contributed by atoms with E-state index in [2.05, 4.69) is 25.4 Å². The number of aliphatic imine (C=N–C) groups is 1. The Morgan fingerprint density at radius 1 is 1.09 bits per heavy atom. The number of rotatable bonds is 13. The van der Waals surface area contributed by atoms with Gasteiger partial charge >= 0.3 is 6.03 Å². The molecule has 0 unspecified atom stereocenters. The first-order chi connectivity index (χ1) is 32.1. The molecule has 5 heterocycles. The number of hydrogen-bond acceptors (Lipinski definition) is 14. The molecular formula is C46H55F2N11O7S. The summed E-state index contributed by atoms with van der Waals surface area (Å²) in [6.45, 7) is 7.70. The van der Waals surface area contributed by atoms with E-state index in [9.17, 15) is 33.9 Å². The summed E-state index contributed by atoms with van der Waals surface area (Å²) in [6, 6.07) is 12.2. The van der Waals surface area contributed by atoms with E-state index >= 15 is 4.39 Å². The number of likely N-dealkylation sites (tertiary alicyclic amines) is 1. The summed E-state index contributed by atoms with van der Waals surface area (Å²) in [6.07, 6.45) is 6.56. The van der Waals surface area contributed by atoms with Gasteiger partial charge in [0.25, 0.3) is 0 Å². The first kappa shape index (κ1) is 48.6. The number of imide groups is 1. The van der Waals surface area contributed by atoms with Crippen molar-refractivity contribution >= 4 is 76.5 Å². The average molecular weight is 944 g/mol. The number of carbonyl (C=O) groups is 4. The Hall–Kier alpha value is -6.34. The van der Waals surface area contributed by atoms with E-state index in [4.69, 9.17) is 9.47 Å². The molecule has 3 aromatic carbocycles. The summed E-state index contributed by atoms with van der Waals surface area (Å²) in [4.78, 5) is 56.3. The van der Waals surface area contributed by atoms with E-state index in [0.29, 0.717) is 85.0 Å². The molecule has 4 N–H and O–H groups in total. The number of benzene rings is 3. The number of anilines is 3. The number of aromatic nitrogens is 2. The average Bonchev–Trinajstić information content (AvgIpc) is 3.90. The van der Waals surface area contributed by atoms with E-state index in [0.717, 1.165) is 44.4 Å². The van der Waals surface area contributed by atoms with Gasteiger partial charge < -0.3 is 34.4 Å². The number of piperidine rings is 2. The van der Waals surface area contributed by atoms with Crippen molar-refractivity contribution in [2.45, 2.75) is 76.4 Å². The molecule has 4 aliphatic rings. The zero-order chi connectivity index (χ0) is 47.9. The minimum atomic E-state index is -1.12. The van der Waals surface area contributed by atoms with Crippen LogP contribution in [0.1, 0.15) is 69.4 Å². The minimum Gasteiger partial charge on any atom is -0.453 e. The highest BCUT2D eigenvalue weighted by molar-refractivity contribution is 7.98. The zero-order valence-corrected chi connectivity index (χ0v) is 38.8. The van der Waals surface area contributed by atoms with Crippen molar-refractivity contribution in [2.75, 3.05) is 67.4 Å². The van der Waals surface area contributed by atoms with Gasteiger partial charge in [-0.05, 0) is 101 Å². The van der Waals surface area contributed by atoms with Crippen molar-refractivity contribution in [1.29, 1.82) is 5.26 Å². The second-order valence-electron chi connectivity index (χ2n) is 17.1. The fraction of sp³-hybridized carbons (Fsp3) is 0.457. The maximum absolute atomic E-state index is 15.4. The maximum Gasteiger partial charge on any atom is 0.329 e. The lowest BCUT2D eigenvalue weighted by Crippen LogP contribution is -2.51. The second kappa shape index (κ2) is 21.1. The van der Waals surface area contributed by atoms with Gasteiger partial charge in [-0.1, -0.05) is 6.92 Å². The third-order valence-corrected chi connectivity index (χ3v) is 13.5. The molecule has 4 aliphatic heterocycles. The Balaban J connectivity index is 0.000000211. The Bertz CT molecular complexity index is 2560. The highest BCUT2D eigenvalue weighted by atomic mass is 32.2. The van der Waals surface area contributed by atoms with Crippen molar-refractivity contribution in [3.8, 4) is 17.6 Å². The van der Waals surface area contributed by atoms with Crippen LogP contribution in [0.15, 0.2) is 47.5 Å². The van der Waals surface area contributed by atoms with Crippen LogP contribution in [0, 0.1) is 29.9 Å². The van der Waals surface area contributed by atoms with Gasteiger partial charge in [-0.3, -0.25) is 29.3 Å². The molecule has 0 aliphatic carbocycles. The normalized spacial score (nSPS) is 17.9. The Kier molecular flexibility index (Phi) is 15.3. The summed E-state index contributed by atoms with van der Waals surface area (Å²) in [5.74, 6) is -0.945. The van der Waals surface area contributed by atoms with Crippen LogP contribution in [0.2, 0.25) is 0 Å². The van der Waals surface area contributed by atoms with Gasteiger partial charge in [0.15, 0.2) is 17.4 Å². The van der Waals surface area contributed by atoms with Crippen LogP contribution in [0.25, 0.3) is 10.9 Å². The number of aliphatic hydroxyl groups is 1. The highest BCUT2D eigenvalue weighted by Gasteiger charge is 2.42. The molecule has 356 valence electrons. The van der Waals surface area contributed by atoms with Gasteiger partial charge in [0.2, 0.25) is 18.2 Å². The van der Waals surface area contributed by atoms with Gasteiger partial charge in [-0.25, -0.2) is 22.9 Å². The highest BCUT2D eigenvalue weighted by Crippen LogP contribution is 2.39. The molecule has 1 aromatic heterocycles. The summed E-state index contributed by atoms with van der Waals surface area (Å²) in [5.41, 5.74) is 1.78. The number of amides is 5. The predicted octanol–water partition coefficient (Wildman–Crippen LogP) is 6.18. The van der Waals surface area contributed by atoms with Crippen molar-refractivity contribution in [3.05, 3.63) is 65.2 Å². The topological polar surface area (TPSA) is 210 Å². The lowest BCUT2D eigenvalue weighted by molar-refractivity contribution is -0.142. The molecule has 4 aromatic rings. The summed E-state index contributed by atoms with van der Waals surface area (Å²) in [5, 5.41) is 30.3. The quantitative estimate of drug-likeness (QED) is 0.0512. The molecule has 4 fully saturated rings. The number of hydrogen-bond donors (Lipinski definition) is 4. The molecule has 67 heavy (non-hydrogen) atoms. The fourth-order valence-corrected chi connectivity index (χ4v) is 9.19. The van der Waals surface area contributed by atoms with Crippen LogP contribution < -0.4 is 29.9 Å². The minimum absolute atomic E-state index is 0.0303. The molecule has 21 heteroatoms. The maximum atomic E-state index is 15.4. The summed E-state index contributed by atoms with van der Waals surface area (Å²) in [7, 11) is 3.62. The third-order valence-electron chi connectivity index (χ3n) is 12.6. The number of nitriles is 1. The Morgan fingerprint density at radius 3 is 2.51 bits per heavy atom. The predicted molar refractivity (Wildman–Crippen MR) is 250 cm³/mol. The smallest absolute Gasteiger partial charge is 0.329 e.